The Morgan fingerprint density at radius 1 is 0.950 bits per heavy atom. The maximum atomic E-state index is 12.1. The molecule has 104 valence electrons. The molecule has 0 spiro atoms. The number of hydrogen-bond donors (Lipinski definition) is 0. The van der Waals surface area contributed by atoms with E-state index in [1.54, 1.807) is 36.4 Å². The molecule has 2 nitrogen and oxygen atoms in total. The summed E-state index contributed by atoms with van der Waals surface area (Å²) < 4.78 is 12.1. The van der Waals surface area contributed by atoms with E-state index >= 15 is 0 Å². The van der Waals surface area contributed by atoms with Gasteiger partial charge in [0.1, 0.15) is 0 Å². The summed E-state index contributed by atoms with van der Waals surface area (Å²) in [7, 11) is -1.49. The van der Waals surface area contributed by atoms with Gasteiger partial charge in [-0.1, -0.05) is 46.9 Å². The summed E-state index contributed by atoms with van der Waals surface area (Å²) >= 11 is 17.6. The van der Waals surface area contributed by atoms with Crippen LogP contribution in [0.25, 0.3) is 0 Å². The van der Waals surface area contributed by atoms with E-state index in [0.29, 0.717) is 25.5 Å². The maximum Gasteiger partial charge on any atom is 0.177 e. The summed E-state index contributed by atoms with van der Waals surface area (Å²) in [6.07, 6.45) is 0. The van der Waals surface area contributed by atoms with Gasteiger partial charge in [0.05, 0.1) is 31.6 Å². The molecule has 0 fully saturated rings. The summed E-state index contributed by atoms with van der Waals surface area (Å²) in [4.78, 5) is 12.5. The lowest BCUT2D eigenvalue weighted by Crippen LogP contribution is -2.11. The molecule has 0 bridgehead atoms. The van der Waals surface area contributed by atoms with Crippen molar-refractivity contribution < 1.29 is 9.00 Å². The number of halogens is 3. The lowest BCUT2D eigenvalue weighted by molar-refractivity contribution is 0.102. The number of Topliss-reactive ketones (excluding diaryl/α,β-unsaturated/α-hetero) is 1. The highest BCUT2D eigenvalue weighted by Crippen LogP contribution is 2.24. The minimum absolute atomic E-state index is 0.151. The minimum Gasteiger partial charge on any atom is -0.293 e. The van der Waals surface area contributed by atoms with Crippen molar-refractivity contribution in [2.45, 2.75) is 4.90 Å². The summed E-state index contributed by atoms with van der Waals surface area (Å²) in [5.41, 5.74) is 0.363. The number of benzene rings is 2. The van der Waals surface area contributed by atoms with Gasteiger partial charge in [0.15, 0.2) is 5.78 Å². The standard InChI is InChI=1S/C14H9Cl3O2S/c15-11-4-2-1-3-10(11)14(18)8-20(19)9-5-6-12(16)13(17)7-9/h1-7H,8H2. The average Bonchev–Trinajstić information content (AvgIpc) is 2.42. The van der Waals surface area contributed by atoms with E-state index in [2.05, 4.69) is 0 Å². The summed E-state index contributed by atoms with van der Waals surface area (Å²) in [6.45, 7) is 0. The molecule has 0 aliphatic rings. The molecule has 1 unspecified atom stereocenters. The molecule has 0 N–H and O–H groups in total. The Balaban J connectivity index is 2.17. The van der Waals surface area contributed by atoms with Crippen LogP contribution in [0.3, 0.4) is 0 Å². The fourth-order valence-corrected chi connectivity index (χ4v) is 3.22. The molecular formula is C14H9Cl3O2S. The van der Waals surface area contributed by atoms with Crippen LogP contribution in [0.5, 0.6) is 0 Å². The number of ketones is 1. The van der Waals surface area contributed by atoms with Gasteiger partial charge in [-0.25, -0.2) is 0 Å². The molecular weight excluding hydrogens is 339 g/mol. The molecule has 1 atom stereocenters. The maximum absolute atomic E-state index is 12.1. The van der Waals surface area contributed by atoms with Crippen LogP contribution in [0, 0.1) is 0 Å². The van der Waals surface area contributed by atoms with E-state index in [4.69, 9.17) is 34.8 Å². The Bertz CT molecular complexity index is 686. The fourth-order valence-electron chi connectivity index (χ4n) is 1.59. The second-order valence-corrected chi connectivity index (χ2v) is 6.64. The third-order valence-corrected chi connectivity index (χ3v) is 4.96. The number of rotatable bonds is 4. The summed E-state index contributed by atoms with van der Waals surface area (Å²) in [5, 5.41) is 1.04. The SMILES string of the molecule is O=C(CS(=O)c1ccc(Cl)c(Cl)c1)c1ccccc1Cl. The van der Waals surface area contributed by atoms with Crippen LogP contribution < -0.4 is 0 Å². The molecule has 0 heterocycles. The van der Waals surface area contributed by atoms with E-state index in [0.717, 1.165) is 0 Å². The van der Waals surface area contributed by atoms with Gasteiger partial charge >= 0.3 is 0 Å². The molecule has 0 aliphatic carbocycles. The monoisotopic (exact) mass is 346 g/mol. The van der Waals surface area contributed by atoms with E-state index in [-0.39, 0.29) is 11.5 Å². The first-order chi connectivity index (χ1) is 9.49. The molecule has 6 heteroatoms. The first-order valence-corrected chi connectivity index (χ1v) is 8.05. The summed E-state index contributed by atoms with van der Waals surface area (Å²) in [5.74, 6) is -0.429. The molecule has 2 rings (SSSR count). The third-order valence-electron chi connectivity index (χ3n) is 2.59. The van der Waals surface area contributed by atoms with Crippen molar-refractivity contribution in [3.05, 3.63) is 63.1 Å². The first-order valence-electron chi connectivity index (χ1n) is 5.60. The van der Waals surface area contributed by atoms with Crippen molar-refractivity contribution in [3.63, 3.8) is 0 Å². The minimum atomic E-state index is -1.49. The van der Waals surface area contributed by atoms with Crippen LogP contribution in [0.2, 0.25) is 15.1 Å². The molecule has 0 aromatic heterocycles. The molecule has 2 aromatic rings. The largest absolute Gasteiger partial charge is 0.293 e. The van der Waals surface area contributed by atoms with E-state index in [1.807, 2.05) is 0 Å². The van der Waals surface area contributed by atoms with Crippen molar-refractivity contribution in [1.29, 1.82) is 0 Å². The predicted molar refractivity (Wildman–Crippen MR) is 83.5 cm³/mol. The van der Waals surface area contributed by atoms with Crippen molar-refractivity contribution in [3.8, 4) is 0 Å². The predicted octanol–water partition coefficient (Wildman–Crippen LogP) is 4.64. The molecule has 0 amide bonds. The van der Waals surface area contributed by atoms with Gasteiger partial charge in [-0.3, -0.25) is 9.00 Å². The van der Waals surface area contributed by atoms with Crippen molar-refractivity contribution in [2.75, 3.05) is 5.75 Å². The van der Waals surface area contributed by atoms with Crippen LogP contribution in [-0.4, -0.2) is 15.7 Å². The molecule has 0 aliphatic heterocycles. The van der Waals surface area contributed by atoms with Gasteiger partial charge in [-0.2, -0.15) is 0 Å². The molecule has 0 radical (unpaired) electrons. The van der Waals surface area contributed by atoms with Gasteiger partial charge in [0.25, 0.3) is 0 Å². The average molecular weight is 348 g/mol. The van der Waals surface area contributed by atoms with Crippen molar-refractivity contribution in [1.82, 2.24) is 0 Å². The molecule has 0 saturated heterocycles. The van der Waals surface area contributed by atoms with Crippen LogP contribution in [0.1, 0.15) is 10.4 Å². The van der Waals surface area contributed by atoms with E-state index in [1.165, 1.54) is 6.07 Å². The Morgan fingerprint density at radius 2 is 1.65 bits per heavy atom. The van der Waals surface area contributed by atoms with Gasteiger partial charge < -0.3 is 0 Å². The Morgan fingerprint density at radius 3 is 2.30 bits per heavy atom. The van der Waals surface area contributed by atoms with Crippen LogP contribution in [-0.2, 0) is 10.8 Å². The van der Waals surface area contributed by atoms with E-state index < -0.39 is 10.8 Å². The summed E-state index contributed by atoms with van der Waals surface area (Å²) in [6, 6.07) is 11.3. The Kier molecular flexibility index (Phi) is 5.22. The smallest absolute Gasteiger partial charge is 0.177 e. The third kappa shape index (κ3) is 3.61. The molecule has 0 saturated carbocycles. The lowest BCUT2D eigenvalue weighted by atomic mass is 10.1. The lowest BCUT2D eigenvalue weighted by Gasteiger charge is -2.05. The normalized spacial score (nSPS) is 12.2. The highest BCUT2D eigenvalue weighted by molar-refractivity contribution is 7.85. The van der Waals surface area contributed by atoms with Crippen molar-refractivity contribution >= 4 is 51.4 Å². The van der Waals surface area contributed by atoms with Crippen molar-refractivity contribution in [2.24, 2.45) is 0 Å². The zero-order valence-corrected chi connectivity index (χ0v) is 13.2. The zero-order valence-electron chi connectivity index (χ0n) is 10.1. The quantitative estimate of drug-likeness (QED) is 0.755. The van der Waals surface area contributed by atoms with Gasteiger partial charge in [0, 0.05) is 10.5 Å². The molecule has 20 heavy (non-hydrogen) atoms. The van der Waals surface area contributed by atoms with Gasteiger partial charge in [-0.05, 0) is 30.3 Å². The van der Waals surface area contributed by atoms with Gasteiger partial charge in [0.2, 0.25) is 0 Å². The highest BCUT2D eigenvalue weighted by atomic mass is 35.5. The van der Waals surface area contributed by atoms with Crippen LogP contribution in [0.15, 0.2) is 47.4 Å². The highest BCUT2D eigenvalue weighted by Gasteiger charge is 2.15. The topological polar surface area (TPSA) is 34.1 Å². The fraction of sp³-hybridized carbons (Fsp3) is 0.0714. The Hall–Kier alpha value is -0.870. The number of carbonyl (C=O) groups excluding carboxylic acids is 1. The van der Waals surface area contributed by atoms with Crippen LogP contribution >= 0.6 is 34.8 Å². The zero-order chi connectivity index (χ0) is 14.7. The van der Waals surface area contributed by atoms with Crippen LogP contribution in [0.4, 0.5) is 0 Å². The second-order valence-electron chi connectivity index (χ2n) is 3.97. The Labute approximate surface area is 134 Å². The number of hydrogen-bond acceptors (Lipinski definition) is 2. The second kappa shape index (κ2) is 6.72. The molecule has 2 aromatic carbocycles. The number of carbonyl (C=O) groups is 1. The first kappa shape index (κ1) is 15.5. The van der Waals surface area contributed by atoms with Gasteiger partial charge in [-0.15, -0.1) is 0 Å². The van der Waals surface area contributed by atoms with E-state index in [9.17, 15) is 9.00 Å².